The molecule has 1 saturated carbocycles. The van der Waals surface area contributed by atoms with Gasteiger partial charge in [-0.1, -0.05) is 0 Å². The van der Waals surface area contributed by atoms with Gasteiger partial charge in [-0.2, -0.15) is 10.2 Å². The Hall–Kier alpha value is -2.43. The van der Waals surface area contributed by atoms with E-state index in [0.29, 0.717) is 30.4 Å². The van der Waals surface area contributed by atoms with Gasteiger partial charge in [0.15, 0.2) is 0 Å². The Kier molecular flexibility index (Phi) is 3.98. The molecule has 0 atom stereocenters. The summed E-state index contributed by atoms with van der Waals surface area (Å²) in [5.74, 6) is 0.662. The van der Waals surface area contributed by atoms with Gasteiger partial charge in [0.25, 0.3) is 0 Å². The van der Waals surface area contributed by atoms with Crippen molar-refractivity contribution in [1.82, 2.24) is 9.97 Å². The maximum atomic E-state index is 11.3. The molecule has 8 heteroatoms. The molecule has 0 bridgehead atoms. The van der Waals surface area contributed by atoms with E-state index in [1.54, 1.807) is 14.0 Å². The summed E-state index contributed by atoms with van der Waals surface area (Å²) >= 11 is 0. The molecule has 20 heavy (non-hydrogen) atoms. The van der Waals surface area contributed by atoms with E-state index in [1.807, 2.05) is 4.90 Å². The second kappa shape index (κ2) is 5.69. The number of nitrogens with zero attached hydrogens (tertiary/aromatic N) is 5. The lowest BCUT2D eigenvalue weighted by molar-refractivity contribution is -0.385. The van der Waals surface area contributed by atoms with Crippen molar-refractivity contribution >= 4 is 17.5 Å². The Morgan fingerprint density at radius 3 is 2.75 bits per heavy atom. The van der Waals surface area contributed by atoms with Crippen LogP contribution in [0.1, 0.15) is 25.0 Å². The molecule has 1 aromatic heterocycles. The maximum absolute atomic E-state index is 11.3. The first-order chi connectivity index (χ1) is 9.58. The predicted molar refractivity (Wildman–Crippen MR) is 73.6 cm³/mol. The number of anilines is 2. The monoisotopic (exact) mass is 276 g/mol. The van der Waals surface area contributed by atoms with E-state index in [4.69, 9.17) is 5.26 Å². The maximum Gasteiger partial charge on any atom is 0.332 e. The zero-order valence-electron chi connectivity index (χ0n) is 11.5. The third kappa shape index (κ3) is 2.77. The minimum atomic E-state index is -0.453. The fourth-order valence-corrected chi connectivity index (χ4v) is 2.10. The standard InChI is InChI=1S/C12H16N6O2/c1-8-10(18(19)20)11(16-12(14-2)15-8)17(7-3-6-13)9-4-5-9/h9H,3-5,7H2,1-2H3,(H,14,15,16). The predicted octanol–water partition coefficient (Wildman–Crippen LogP) is 1.62. The van der Waals surface area contributed by atoms with E-state index in [-0.39, 0.29) is 11.7 Å². The van der Waals surface area contributed by atoms with Gasteiger partial charge in [-0.3, -0.25) is 10.1 Å². The Labute approximate surface area is 116 Å². The average Bonchev–Trinajstić information content (AvgIpc) is 3.22. The lowest BCUT2D eigenvalue weighted by atomic mass is 10.3. The number of hydrogen-bond donors (Lipinski definition) is 1. The lowest BCUT2D eigenvalue weighted by Crippen LogP contribution is -2.29. The molecule has 1 aliphatic rings. The van der Waals surface area contributed by atoms with Crippen LogP contribution in [0.2, 0.25) is 0 Å². The van der Waals surface area contributed by atoms with Gasteiger partial charge in [0.05, 0.1) is 17.4 Å². The van der Waals surface area contributed by atoms with Crippen LogP contribution in [0, 0.1) is 28.4 Å². The van der Waals surface area contributed by atoms with Gasteiger partial charge < -0.3 is 10.2 Å². The number of nitro groups is 1. The molecule has 0 aromatic carbocycles. The van der Waals surface area contributed by atoms with E-state index in [0.717, 1.165) is 12.8 Å². The van der Waals surface area contributed by atoms with Crippen LogP contribution in [-0.2, 0) is 0 Å². The second-order valence-corrected chi connectivity index (χ2v) is 4.64. The Bertz CT molecular complexity index is 564. The van der Waals surface area contributed by atoms with Crippen LogP contribution in [0.15, 0.2) is 0 Å². The van der Waals surface area contributed by atoms with Crippen molar-refractivity contribution in [2.24, 2.45) is 0 Å². The average molecular weight is 276 g/mol. The highest BCUT2D eigenvalue weighted by atomic mass is 16.6. The molecule has 0 saturated heterocycles. The van der Waals surface area contributed by atoms with Gasteiger partial charge in [0, 0.05) is 19.6 Å². The van der Waals surface area contributed by atoms with Gasteiger partial charge >= 0.3 is 5.69 Å². The summed E-state index contributed by atoms with van der Waals surface area (Å²) in [5.41, 5.74) is 0.251. The van der Waals surface area contributed by atoms with Crippen molar-refractivity contribution in [1.29, 1.82) is 5.26 Å². The third-order valence-corrected chi connectivity index (χ3v) is 3.17. The largest absolute Gasteiger partial charge is 0.357 e. The van der Waals surface area contributed by atoms with E-state index in [1.165, 1.54) is 0 Å². The van der Waals surface area contributed by atoms with E-state index < -0.39 is 4.92 Å². The van der Waals surface area contributed by atoms with E-state index in [9.17, 15) is 10.1 Å². The summed E-state index contributed by atoms with van der Waals surface area (Å²) in [4.78, 5) is 21.0. The number of nitrogens with one attached hydrogen (secondary N) is 1. The molecular formula is C12H16N6O2. The Balaban J connectivity index is 2.47. The molecule has 2 rings (SSSR count). The molecule has 1 aromatic rings. The minimum absolute atomic E-state index is 0.0751. The molecular weight excluding hydrogens is 260 g/mol. The lowest BCUT2D eigenvalue weighted by Gasteiger charge is -2.22. The van der Waals surface area contributed by atoms with Crippen LogP contribution < -0.4 is 10.2 Å². The summed E-state index contributed by atoms with van der Waals surface area (Å²) < 4.78 is 0. The fourth-order valence-electron chi connectivity index (χ4n) is 2.10. The summed E-state index contributed by atoms with van der Waals surface area (Å²) in [5, 5.41) is 22.8. The van der Waals surface area contributed by atoms with Crippen LogP contribution in [0.4, 0.5) is 17.5 Å². The van der Waals surface area contributed by atoms with Gasteiger partial charge in [0.1, 0.15) is 5.69 Å². The normalized spacial score (nSPS) is 13.7. The van der Waals surface area contributed by atoms with Crippen LogP contribution in [0.25, 0.3) is 0 Å². The van der Waals surface area contributed by atoms with Crippen molar-refractivity contribution in [2.75, 3.05) is 23.8 Å². The van der Waals surface area contributed by atoms with Gasteiger partial charge in [-0.25, -0.2) is 4.98 Å². The summed E-state index contributed by atoms with van der Waals surface area (Å²) in [6.45, 7) is 2.04. The molecule has 1 heterocycles. The first-order valence-electron chi connectivity index (χ1n) is 6.42. The molecule has 1 fully saturated rings. The molecule has 0 radical (unpaired) electrons. The topological polar surface area (TPSA) is 108 Å². The molecule has 0 unspecified atom stereocenters. The van der Waals surface area contributed by atoms with Gasteiger partial charge in [-0.15, -0.1) is 0 Å². The molecule has 106 valence electrons. The van der Waals surface area contributed by atoms with Crippen molar-refractivity contribution in [2.45, 2.75) is 32.2 Å². The minimum Gasteiger partial charge on any atom is -0.357 e. The molecule has 0 amide bonds. The Morgan fingerprint density at radius 2 is 2.25 bits per heavy atom. The molecule has 0 aliphatic heterocycles. The van der Waals surface area contributed by atoms with Crippen molar-refractivity contribution in [3.63, 3.8) is 0 Å². The Morgan fingerprint density at radius 1 is 1.55 bits per heavy atom. The second-order valence-electron chi connectivity index (χ2n) is 4.64. The first-order valence-corrected chi connectivity index (χ1v) is 6.42. The smallest absolute Gasteiger partial charge is 0.332 e. The quantitative estimate of drug-likeness (QED) is 0.621. The van der Waals surface area contributed by atoms with Crippen molar-refractivity contribution in [3.8, 4) is 6.07 Å². The number of hydrogen-bond acceptors (Lipinski definition) is 7. The highest BCUT2D eigenvalue weighted by molar-refractivity contribution is 5.63. The van der Waals surface area contributed by atoms with Crippen LogP contribution in [-0.4, -0.2) is 34.5 Å². The van der Waals surface area contributed by atoms with Crippen LogP contribution >= 0.6 is 0 Å². The fraction of sp³-hybridized carbons (Fsp3) is 0.583. The number of nitriles is 1. The van der Waals surface area contributed by atoms with Gasteiger partial charge in [-0.05, 0) is 19.8 Å². The number of rotatable bonds is 6. The third-order valence-electron chi connectivity index (χ3n) is 3.17. The zero-order valence-corrected chi connectivity index (χ0v) is 11.5. The molecule has 1 aliphatic carbocycles. The summed E-state index contributed by atoms with van der Waals surface area (Å²) in [6.07, 6.45) is 2.26. The van der Waals surface area contributed by atoms with Crippen molar-refractivity contribution in [3.05, 3.63) is 15.8 Å². The van der Waals surface area contributed by atoms with Crippen molar-refractivity contribution < 1.29 is 4.92 Å². The SMILES string of the molecule is CNc1nc(C)c([N+](=O)[O-])c(N(CCC#N)C2CC2)n1. The number of aryl methyl sites for hydroxylation is 1. The van der Waals surface area contributed by atoms with Crippen LogP contribution in [0.5, 0.6) is 0 Å². The summed E-state index contributed by atoms with van der Waals surface area (Å²) in [7, 11) is 1.67. The summed E-state index contributed by atoms with van der Waals surface area (Å²) in [6, 6.07) is 2.31. The van der Waals surface area contributed by atoms with Gasteiger partial charge in [0.2, 0.25) is 11.8 Å². The first kappa shape index (κ1) is 14.0. The van der Waals surface area contributed by atoms with Crippen LogP contribution in [0.3, 0.4) is 0 Å². The molecule has 8 nitrogen and oxygen atoms in total. The molecule has 0 spiro atoms. The number of aromatic nitrogens is 2. The molecule has 1 N–H and O–H groups in total. The van der Waals surface area contributed by atoms with E-state index in [2.05, 4.69) is 21.4 Å². The zero-order chi connectivity index (χ0) is 14.7. The highest BCUT2D eigenvalue weighted by Gasteiger charge is 2.35. The van der Waals surface area contributed by atoms with E-state index >= 15 is 0 Å². The highest BCUT2D eigenvalue weighted by Crippen LogP contribution is 2.37.